The van der Waals surface area contributed by atoms with Gasteiger partial charge in [0.15, 0.2) is 0 Å². The highest BCUT2D eigenvalue weighted by molar-refractivity contribution is 6.35. The molecule has 0 bridgehead atoms. The predicted octanol–water partition coefficient (Wildman–Crippen LogP) is 1.09. The third-order valence-electron chi connectivity index (χ3n) is 2.89. The van der Waals surface area contributed by atoms with Gasteiger partial charge in [-0.2, -0.15) is 5.10 Å². The van der Waals surface area contributed by atoms with Gasteiger partial charge >= 0.3 is 12.0 Å². The molecule has 8 heteroatoms. The normalized spacial score (nSPS) is 14.8. The van der Waals surface area contributed by atoms with Gasteiger partial charge in [0, 0.05) is 0 Å². The van der Waals surface area contributed by atoms with E-state index in [9.17, 15) is 14.4 Å². The van der Waals surface area contributed by atoms with Crippen molar-refractivity contribution in [2.45, 2.75) is 13.8 Å². The molecular weight excluding hydrogens is 288 g/mol. The summed E-state index contributed by atoms with van der Waals surface area (Å²) in [5.74, 6) is -0.798. The number of carbonyl (C=O) groups excluding carboxylic acids is 3. The van der Waals surface area contributed by atoms with Crippen molar-refractivity contribution in [1.29, 1.82) is 0 Å². The van der Waals surface area contributed by atoms with Crippen LogP contribution >= 0.6 is 0 Å². The summed E-state index contributed by atoms with van der Waals surface area (Å²) in [5, 5.41) is 6.35. The number of imide groups is 1. The topological polar surface area (TPSA) is 100 Å². The lowest BCUT2D eigenvalue weighted by molar-refractivity contribution is -0.135. The SMILES string of the molecule is CCOC(=O)/C(C)=N/Nc1ccc(N2C(=O)CNC2=O)cc1. The van der Waals surface area contributed by atoms with Gasteiger partial charge in [0.2, 0.25) is 0 Å². The first kappa shape index (κ1) is 15.5. The van der Waals surface area contributed by atoms with Crippen LogP contribution in [0.15, 0.2) is 29.4 Å². The third-order valence-corrected chi connectivity index (χ3v) is 2.89. The molecule has 0 radical (unpaired) electrons. The largest absolute Gasteiger partial charge is 0.461 e. The fourth-order valence-corrected chi connectivity index (χ4v) is 1.80. The van der Waals surface area contributed by atoms with E-state index >= 15 is 0 Å². The minimum absolute atomic E-state index is 0.00185. The number of amides is 3. The van der Waals surface area contributed by atoms with Gasteiger partial charge in [0.25, 0.3) is 5.91 Å². The number of hydrogen-bond acceptors (Lipinski definition) is 6. The highest BCUT2D eigenvalue weighted by Crippen LogP contribution is 2.20. The number of esters is 1. The van der Waals surface area contributed by atoms with Crippen LogP contribution in [-0.4, -0.2) is 36.8 Å². The number of hydrogen-bond donors (Lipinski definition) is 2. The Labute approximate surface area is 127 Å². The Hall–Kier alpha value is -2.90. The van der Waals surface area contributed by atoms with Gasteiger partial charge in [0.1, 0.15) is 5.71 Å². The number of carbonyl (C=O) groups is 3. The number of hydrazone groups is 1. The van der Waals surface area contributed by atoms with E-state index in [0.717, 1.165) is 4.90 Å². The van der Waals surface area contributed by atoms with Crippen molar-refractivity contribution in [2.24, 2.45) is 5.10 Å². The molecule has 1 aromatic carbocycles. The van der Waals surface area contributed by atoms with Gasteiger partial charge in [-0.05, 0) is 38.1 Å². The molecule has 1 aliphatic rings. The van der Waals surface area contributed by atoms with Crippen LogP contribution in [0.5, 0.6) is 0 Å². The van der Waals surface area contributed by atoms with Crippen LogP contribution in [0.1, 0.15) is 13.8 Å². The van der Waals surface area contributed by atoms with Crippen LogP contribution in [0.3, 0.4) is 0 Å². The summed E-state index contributed by atoms with van der Waals surface area (Å²) in [6, 6.07) is 6.08. The summed E-state index contributed by atoms with van der Waals surface area (Å²) < 4.78 is 4.80. The lowest BCUT2D eigenvalue weighted by atomic mass is 10.2. The van der Waals surface area contributed by atoms with Crippen molar-refractivity contribution in [3.8, 4) is 0 Å². The highest BCUT2D eigenvalue weighted by Gasteiger charge is 2.29. The van der Waals surface area contributed by atoms with E-state index in [1.165, 1.54) is 6.92 Å². The molecule has 1 aromatic rings. The summed E-state index contributed by atoms with van der Waals surface area (Å²) in [7, 11) is 0. The smallest absolute Gasteiger partial charge is 0.354 e. The standard InChI is InChI=1S/C14H16N4O4/c1-3-22-13(20)9(2)16-17-10-4-6-11(7-5-10)18-12(19)8-15-14(18)21/h4-7,17H,3,8H2,1-2H3,(H,15,21)/b16-9+. The quantitative estimate of drug-likeness (QED) is 0.367. The van der Waals surface area contributed by atoms with Gasteiger partial charge in [-0.15, -0.1) is 0 Å². The number of rotatable bonds is 5. The van der Waals surface area contributed by atoms with E-state index in [-0.39, 0.29) is 24.8 Å². The number of urea groups is 1. The van der Waals surface area contributed by atoms with Gasteiger partial charge in [-0.25, -0.2) is 14.5 Å². The first-order valence-electron chi connectivity index (χ1n) is 6.71. The molecule has 22 heavy (non-hydrogen) atoms. The van der Waals surface area contributed by atoms with E-state index < -0.39 is 12.0 Å². The molecule has 0 aliphatic carbocycles. The van der Waals surface area contributed by atoms with Crippen molar-refractivity contribution >= 4 is 35.0 Å². The molecule has 1 heterocycles. The Morgan fingerprint density at radius 1 is 1.36 bits per heavy atom. The molecule has 2 N–H and O–H groups in total. The van der Waals surface area contributed by atoms with Crippen LogP contribution in [-0.2, 0) is 14.3 Å². The number of ether oxygens (including phenoxy) is 1. The second kappa shape index (κ2) is 6.70. The van der Waals surface area contributed by atoms with Crippen molar-refractivity contribution in [1.82, 2.24) is 5.32 Å². The Morgan fingerprint density at radius 2 is 2.05 bits per heavy atom. The zero-order chi connectivity index (χ0) is 16.1. The number of nitrogens with zero attached hydrogens (tertiary/aromatic N) is 2. The molecule has 8 nitrogen and oxygen atoms in total. The van der Waals surface area contributed by atoms with Crippen molar-refractivity contribution in [2.75, 3.05) is 23.5 Å². The first-order valence-corrected chi connectivity index (χ1v) is 6.71. The highest BCUT2D eigenvalue weighted by atomic mass is 16.5. The lowest BCUT2D eigenvalue weighted by Gasteiger charge is -2.12. The molecule has 1 saturated heterocycles. The van der Waals surface area contributed by atoms with Crippen LogP contribution in [0, 0.1) is 0 Å². The summed E-state index contributed by atoms with van der Waals surface area (Å²) >= 11 is 0. The molecular formula is C14H16N4O4. The Balaban J connectivity index is 2.03. The third kappa shape index (κ3) is 3.40. The van der Waals surface area contributed by atoms with Crippen LogP contribution in [0.2, 0.25) is 0 Å². The Bertz CT molecular complexity index is 608. The maximum Gasteiger partial charge on any atom is 0.354 e. The van der Waals surface area contributed by atoms with Crippen molar-refractivity contribution in [3.05, 3.63) is 24.3 Å². The number of benzene rings is 1. The van der Waals surface area contributed by atoms with Crippen LogP contribution in [0.25, 0.3) is 0 Å². The van der Waals surface area contributed by atoms with Crippen molar-refractivity contribution in [3.63, 3.8) is 0 Å². The molecule has 0 aromatic heterocycles. The molecule has 116 valence electrons. The maximum absolute atomic E-state index is 11.6. The van der Waals surface area contributed by atoms with E-state index in [0.29, 0.717) is 11.4 Å². The summed E-state index contributed by atoms with van der Waals surface area (Å²) in [6.45, 7) is 3.54. The number of nitrogens with one attached hydrogen (secondary N) is 2. The zero-order valence-electron chi connectivity index (χ0n) is 12.3. The molecule has 2 rings (SSSR count). The molecule has 1 aliphatic heterocycles. The minimum atomic E-state index is -0.494. The number of anilines is 2. The van der Waals surface area contributed by atoms with Crippen LogP contribution < -0.4 is 15.6 Å². The fraction of sp³-hybridized carbons (Fsp3) is 0.286. The summed E-state index contributed by atoms with van der Waals surface area (Å²) in [6.07, 6.45) is 0. The molecule has 0 saturated carbocycles. The van der Waals surface area contributed by atoms with Gasteiger partial charge in [-0.1, -0.05) is 0 Å². The Kier molecular flexibility index (Phi) is 4.72. The Morgan fingerprint density at radius 3 is 2.59 bits per heavy atom. The summed E-state index contributed by atoms with van der Waals surface area (Å²) in [5.41, 5.74) is 3.98. The second-order valence-electron chi connectivity index (χ2n) is 4.46. The maximum atomic E-state index is 11.6. The average molecular weight is 304 g/mol. The fourth-order valence-electron chi connectivity index (χ4n) is 1.80. The minimum Gasteiger partial charge on any atom is -0.461 e. The van der Waals surface area contributed by atoms with E-state index in [1.54, 1.807) is 31.2 Å². The van der Waals surface area contributed by atoms with Gasteiger partial charge in [-0.3, -0.25) is 10.2 Å². The average Bonchev–Trinajstić information content (AvgIpc) is 2.85. The van der Waals surface area contributed by atoms with E-state index in [1.807, 2.05) is 0 Å². The molecule has 0 spiro atoms. The van der Waals surface area contributed by atoms with Crippen molar-refractivity contribution < 1.29 is 19.1 Å². The molecule has 3 amide bonds. The van der Waals surface area contributed by atoms with Gasteiger partial charge in [0.05, 0.1) is 24.5 Å². The predicted molar refractivity (Wildman–Crippen MR) is 80.7 cm³/mol. The van der Waals surface area contributed by atoms with E-state index in [2.05, 4.69) is 15.8 Å². The molecule has 1 fully saturated rings. The lowest BCUT2D eigenvalue weighted by Crippen LogP contribution is -2.30. The van der Waals surface area contributed by atoms with Crippen LogP contribution in [0.4, 0.5) is 16.2 Å². The summed E-state index contributed by atoms with van der Waals surface area (Å²) in [4.78, 5) is 35.6. The van der Waals surface area contributed by atoms with E-state index in [4.69, 9.17) is 4.74 Å². The van der Waals surface area contributed by atoms with Gasteiger partial charge < -0.3 is 10.1 Å². The first-order chi connectivity index (χ1) is 10.5. The monoisotopic (exact) mass is 304 g/mol. The zero-order valence-corrected chi connectivity index (χ0v) is 12.3. The second-order valence-corrected chi connectivity index (χ2v) is 4.46. The molecule has 0 atom stereocenters. The molecule has 0 unspecified atom stereocenters.